The van der Waals surface area contributed by atoms with Crippen molar-refractivity contribution in [1.82, 2.24) is 4.98 Å². The zero-order chi connectivity index (χ0) is 15.5. The predicted molar refractivity (Wildman–Crippen MR) is 80.4 cm³/mol. The van der Waals surface area contributed by atoms with Gasteiger partial charge in [-0.1, -0.05) is 6.07 Å². The summed E-state index contributed by atoms with van der Waals surface area (Å²) < 4.78 is 26.2. The number of nitrogens with zero attached hydrogens (tertiary/aromatic N) is 1. The molecule has 0 spiro atoms. The van der Waals surface area contributed by atoms with E-state index in [1.807, 2.05) is 18.3 Å². The van der Waals surface area contributed by atoms with Gasteiger partial charge in [0, 0.05) is 17.7 Å². The summed E-state index contributed by atoms with van der Waals surface area (Å²) in [7, 11) is 0. The van der Waals surface area contributed by atoms with E-state index >= 15 is 0 Å². The smallest absolute Gasteiger partial charge is 0.159 e. The van der Waals surface area contributed by atoms with Gasteiger partial charge in [-0.05, 0) is 61.4 Å². The third-order valence-corrected chi connectivity index (χ3v) is 4.44. The molecule has 1 aromatic heterocycles. The van der Waals surface area contributed by atoms with Crippen LogP contribution in [0.1, 0.15) is 37.2 Å². The van der Waals surface area contributed by atoms with Gasteiger partial charge in [-0.15, -0.1) is 0 Å². The summed E-state index contributed by atoms with van der Waals surface area (Å²) in [5.41, 5.74) is 2.34. The third kappa shape index (κ3) is 3.06. The molecule has 0 amide bonds. The fraction of sp³-hybridized carbons (Fsp3) is 0.333. The Morgan fingerprint density at radius 2 is 1.77 bits per heavy atom. The Balaban J connectivity index is 1.75. The number of carbonyl (C=O) groups is 1. The second-order valence-corrected chi connectivity index (χ2v) is 5.85. The Bertz CT molecular complexity index is 661. The lowest BCUT2D eigenvalue weighted by molar-refractivity contribution is -0.111. The quantitative estimate of drug-likeness (QED) is 0.781. The zero-order valence-corrected chi connectivity index (χ0v) is 12.1. The molecule has 3 rings (SSSR count). The second kappa shape index (κ2) is 6.34. The molecule has 0 atom stereocenters. The van der Waals surface area contributed by atoms with E-state index < -0.39 is 11.6 Å². The van der Waals surface area contributed by atoms with E-state index in [9.17, 15) is 13.6 Å². The Hall–Kier alpha value is -2.10. The molecule has 1 aliphatic carbocycles. The average molecular weight is 301 g/mol. The number of pyridine rings is 1. The Morgan fingerprint density at radius 1 is 1.00 bits per heavy atom. The summed E-state index contributed by atoms with van der Waals surface area (Å²) in [6.07, 6.45) is 6.71. The maximum Gasteiger partial charge on any atom is 0.159 e. The number of aromatic nitrogens is 1. The number of benzene rings is 1. The summed E-state index contributed by atoms with van der Waals surface area (Å²) in [4.78, 5) is 15.2. The molecule has 0 N–H and O–H groups in total. The van der Waals surface area contributed by atoms with Crippen LogP contribution in [0.25, 0.3) is 11.3 Å². The van der Waals surface area contributed by atoms with Crippen molar-refractivity contribution in [1.29, 1.82) is 0 Å². The first kappa shape index (κ1) is 14.8. The minimum atomic E-state index is -0.865. The van der Waals surface area contributed by atoms with Crippen LogP contribution >= 0.6 is 0 Å². The Kier molecular flexibility index (Phi) is 4.27. The van der Waals surface area contributed by atoms with E-state index in [1.54, 1.807) is 0 Å². The zero-order valence-electron chi connectivity index (χ0n) is 12.1. The second-order valence-electron chi connectivity index (χ2n) is 5.85. The molecule has 1 fully saturated rings. The van der Waals surface area contributed by atoms with Crippen LogP contribution in [0.2, 0.25) is 0 Å². The Morgan fingerprint density at radius 3 is 2.36 bits per heavy atom. The molecule has 1 aromatic carbocycles. The average Bonchev–Trinajstić information content (AvgIpc) is 2.58. The van der Waals surface area contributed by atoms with E-state index in [-0.39, 0.29) is 5.92 Å². The van der Waals surface area contributed by atoms with E-state index in [1.165, 1.54) is 6.07 Å². The predicted octanol–water partition coefficient (Wildman–Crippen LogP) is 4.50. The number of hydrogen-bond donors (Lipinski definition) is 0. The summed E-state index contributed by atoms with van der Waals surface area (Å²) in [5.74, 6) is -1.09. The maximum absolute atomic E-state index is 13.3. The molecule has 0 aliphatic heterocycles. The van der Waals surface area contributed by atoms with Crippen LogP contribution < -0.4 is 0 Å². The van der Waals surface area contributed by atoms with Crippen molar-refractivity contribution in [2.75, 3.05) is 0 Å². The molecule has 0 unspecified atom stereocenters. The number of aldehydes is 1. The Labute approximate surface area is 128 Å². The molecular formula is C18H17F2NO. The standard InChI is InChI=1S/C18H17F2NO/c19-16-7-5-14(9-17(16)20)18-8-6-15(10-21-18)13-3-1-12(11-22)2-4-13/h5-13H,1-4H2/t12-,13-. The lowest BCUT2D eigenvalue weighted by Gasteiger charge is -2.25. The lowest BCUT2D eigenvalue weighted by Crippen LogP contribution is -2.14. The van der Waals surface area contributed by atoms with Gasteiger partial charge in [0.25, 0.3) is 0 Å². The SMILES string of the molecule is O=C[C@H]1CC[C@H](c2ccc(-c3ccc(F)c(F)c3)nc2)CC1. The molecule has 0 radical (unpaired) electrons. The third-order valence-electron chi connectivity index (χ3n) is 4.44. The fourth-order valence-corrected chi connectivity index (χ4v) is 3.06. The highest BCUT2D eigenvalue weighted by Gasteiger charge is 2.22. The van der Waals surface area contributed by atoms with Gasteiger partial charge in [-0.3, -0.25) is 4.98 Å². The molecule has 1 saturated carbocycles. The van der Waals surface area contributed by atoms with Crippen molar-refractivity contribution in [2.24, 2.45) is 5.92 Å². The topological polar surface area (TPSA) is 30.0 Å². The number of hydrogen-bond acceptors (Lipinski definition) is 2. The number of carbonyl (C=O) groups excluding carboxylic acids is 1. The van der Waals surface area contributed by atoms with Crippen LogP contribution in [-0.4, -0.2) is 11.3 Å². The fourth-order valence-electron chi connectivity index (χ4n) is 3.06. The minimum absolute atomic E-state index is 0.200. The van der Waals surface area contributed by atoms with E-state index in [0.29, 0.717) is 17.2 Å². The van der Waals surface area contributed by atoms with Gasteiger partial charge in [0.2, 0.25) is 0 Å². The lowest BCUT2D eigenvalue weighted by atomic mass is 9.79. The van der Waals surface area contributed by atoms with Gasteiger partial charge in [-0.2, -0.15) is 0 Å². The van der Waals surface area contributed by atoms with Crippen LogP contribution in [0.5, 0.6) is 0 Å². The van der Waals surface area contributed by atoms with Gasteiger partial charge < -0.3 is 4.79 Å². The normalized spacial score (nSPS) is 21.5. The van der Waals surface area contributed by atoms with Crippen molar-refractivity contribution in [3.8, 4) is 11.3 Å². The van der Waals surface area contributed by atoms with Crippen molar-refractivity contribution in [3.63, 3.8) is 0 Å². The van der Waals surface area contributed by atoms with Crippen molar-refractivity contribution in [2.45, 2.75) is 31.6 Å². The van der Waals surface area contributed by atoms with Crippen molar-refractivity contribution >= 4 is 6.29 Å². The minimum Gasteiger partial charge on any atom is -0.303 e. The molecule has 114 valence electrons. The van der Waals surface area contributed by atoms with Crippen LogP contribution in [0.4, 0.5) is 8.78 Å². The molecular weight excluding hydrogens is 284 g/mol. The highest BCUT2D eigenvalue weighted by molar-refractivity contribution is 5.59. The van der Waals surface area contributed by atoms with Gasteiger partial charge in [0.1, 0.15) is 6.29 Å². The van der Waals surface area contributed by atoms with Crippen LogP contribution in [0.3, 0.4) is 0 Å². The van der Waals surface area contributed by atoms with Crippen LogP contribution in [-0.2, 0) is 4.79 Å². The summed E-state index contributed by atoms with van der Waals surface area (Å²) in [5, 5.41) is 0. The summed E-state index contributed by atoms with van der Waals surface area (Å²) >= 11 is 0. The molecule has 22 heavy (non-hydrogen) atoms. The van der Waals surface area contributed by atoms with Gasteiger partial charge in [0.05, 0.1) is 5.69 Å². The first-order chi connectivity index (χ1) is 10.7. The first-order valence-electron chi connectivity index (χ1n) is 7.54. The van der Waals surface area contributed by atoms with Crippen molar-refractivity contribution < 1.29 is 13.6 Å². The van der Waals surface area contributed by atoms with Crippen LogP contribution in [0.15, 0.2) is 36.5 Å². The molecule has 0 saturated heterocycles. The van der Waals surface area contributed by atoms with E-state index in [2.05, 4.69) is 4.98 Å². The van der Waals surface area contributed by atoms with Gasteiger partial charge in [0.15, 0.2) is 11.6 Å². The highest BCUT2D eigenvalue weighted by Crippen LogP contribution is 2.35. The van der Waals surface area contributed by atoms with E-state index in [4.69, 9.17) is 0 Å². The number of halogens is 2. The molecule has 4 heteroatoms. The largest absolute Gasteiger partial charge is 0.303 e. The molecule has 1 aliphatic rings. The molecule has 1 heterocycles. The maximum atomic E-state index is 13.3. The molecule has 2 aromatic rings. The first-order valence-corrected chi connectivity index (χ1v) is 7.54. The van der Waals surface area contributed by atoms with Gasteiger partial charge >= 0.3 is 0 Å². The van der Waals surface area contributed by atoms with Crippen molar-refractivity contribution in [3.05, 3.63) is 53.7 Å². The summed E-state index contributed by atoms with van der Waals surface area (Å²) in [6, 6.07) is 7.63. The van der Waals surface area contributed by atoms with E-state index in [0.717, 1.165) is 49.7 Å². The van der Waals surface area contributed by atoms with Crippen LogP contribution in [0, 0.1) is 17.6 Å². The summed E-state index contributed by atoms with van der Waals surface area (Å²) in [6.45, 7) is 0. The monoisotopic (exact) mass is 301 g/mol. The highest BCUT2D eigenvalue weighted by atomic mass is 19.2. The number of rotatable bonds is 3. The molecule has 0 bridgehead atoms. The molecule has 2 nitrogen and oxygen atoms in total. The van der Waals surface area contributed by atoms with Gasteiger partial charge in [-0.25, -0.2) is 8.78 Å².